The van der Waals surface area contributed by atoms with Crippen molar-refractivity contribution in [3.8, 4) is 6.07 Å². The van der Waals surface area contributed by atoms with E-state index in [1.54, 1.807) is 26.0 Å². The van der Waals surface area contributed by atoms with Crippen molar-refractivity contribution in [2.45, 2.75) is 26.4 Å². The highest BCUT2D eigenvalue weighted by Gasteiger charge is 2.35. The zero-order chi connectivity index (χ0) is 11.9. The normalized spacial score (nSPS) is 14.4. The Morgan fingerprint density at radius 1 is 1.40 bits per heavy atom. The lowest BCUT2D eigenvalue weighted by Crippen LogP contribution is -2.13. The number of halogens is 3. The van der Waals surface area contributed by atoms with Gasteiger partial charge in [-0.1, -0.05) is 25.2 Å². The molecule has 0 heterocycles. The molecule has 82 valence electrons. The fourth-order valence-electron chi connectivity index (χ4n) is 0.962. The maximum absolute atomic E-state index is 12.5. The molecule has 0 aliphatic heterocycles. The standard InChI is InChI=1S/C11H12F3N/c1-3-5-7-9(8-15)10(6-4-2)11(12,13)14/h3,5-7H,4H2,1-2H3/b5-3-,9-7-,10-6+. The zero-order valence-electron chi connectivity index (χ0n) is 8.60. The molecule has 0 bridgehead atoms. The highest BCUT2D eigenvalue weighted by Crippen LogP contribution is 2.31. The van der Waals surface area contributed by atoms with Crippen LogP contribution in [0.1, 0.15) is 20.3 Å². The number of nitriles is 1. The third-order valence-electron chi connectivity index (χ3n) is 1.58. The number of allylic oxidation sites excluding steroid dienone is 6. The van der Waals surface area contributed by atoms with Crippen LogP contribution in [-0.2, 0) is 0 Å². The van der Waals surface area contributed by atoms with Crippen LogP contribution in [-0.4, -0.2) is 6.18 Å². The molecule has 0 amide bonds. The van der Waals surface area contributed by atoms with Crippen molar-refractivity contribution in [3.63, 3.8) is 0 Å². The largest absolute Gasteiger partial charge is 0.417 e. The average Bonchev–Trinajstić information content (AvgIpc) is 2.15. The molecule has 0 unspecified atom stereocenters. The van der Waals surface area contributed by atoms with Gasteiger partial charge < -0.3 is 0 Å². The maximum Gasteiger partial charge on any atom is 0.417 e. The third kappa shape index (κ3) is 4.50. The van der Waals surface area contributed by atoms with E-state index in [-0.39, 0.29) is 12.0 Å². The molecule has 0 aromatic carbocycles. The number of hydrogen-bond donors (Lipinski definition) is 0. The van der Waals surface area contributed by atoms with E-state index >= 15 is 0 Å². The van der Waals surface area contributed by atoms with Crippen LogP contribution in [0.5, 0.6) is 0 Å². The van der Waals surface area contributed by atoms with E-state index < -0.39 is 11.7 Å². The second-order valence-corrected chi connectivity index (χ2v) is 2.74. The molecule has 15 heavy (non-hydrogen) atoms. The Balaban J connectivity index is 5.27. The van der Waals surface area contributed by atoms with Gasteiger partial charge >= 0.3 is 6.18 Å². The summed E-state index contributed by atoms with van der Waals surface area (Å²) >= 11 is 0. The predicted octanol–water partition coefficient (Wildman–Crippen LogP) is 3.91. The molecule has 0 atom stereocenters. The first-order valence-corrected chi connectivity index (χ1v) is 4.48. The second-order valence-electron chi connectivity index (χ2n) is 2.74. The molecular formula is C11H12F3N. The Morgan fingerprint density at radius 3 is 2.33 bits per heavy atom. The quantitative estimate of drug-likeness (QED) is 0.517. The molecule has 0 fully saturated rings. The lowest BCUT2D eigenvalue weighted by atomic mass is 10.1. The molecule has 0 saturated carbocycles. The van der Waals surface area contributed by atoms with Crippen molar-refractivity contribution >= 4 is 0 Å². The first-order chi connectivity index (χ1) is 6.97. The van der Waals surface area contributed by atoms with Gasteiger partial charge in [-0.2, -0.15) is 18.4 Å². The molecular weight excluding hydrogens is 203 g/mol. The van der Waals surface area contributed by atoms with Gasteiger partial charge in [0.05, 0.1) is 17.2 Å². The third-order valence-corrected chi connectivity index (χ3v) is 1.58. The number of alkyl halides is 3. The Hall–Kier alpha value is -1.50. The summed E-state index contributed by atoms with van der Waals surface area (Å²) in [6.07, 6.45) is 0.918. The number of rotatable bonds is 3. The van der Waals surface area contributed by atoms with E-state index in [2.05, 4.69) is 0 Å². The van der Waals surface area contributed by atoms with Gasteiger partial charge in [-0.15, -0.1) is 0 Å². The SMILES string of the molecule is C\C=C/C=C(C#N)\C(=C/CC)C(F)(F)F. The van der Waals surface area contributed by atoms with Gasteiger partial charge in [0.25, 0.3) is 0 Å². The highest BCUT2D eigenvalue weighted by atomic mass is 19.4. The van der Waals surface area contributed by atoms with Gasteiger partial charge in [-0.3, -0.25) is 0 Å². The van der Waals surface area contributed by atoms with Gasteiger partial charge in [-0.25, -0.2) is 0 Å². The van der Waals surface area contributed by atoms with Crippen LogP contribution in [0.3, 0.4) is 0 Å². The zero-order valence-corrected chi connectivity index (χ0v) is 8.60. The smallest absolute Gasteiger partial charge is 0.192 e. The van der Waals surface area contributed by atoms with E-state index in [0.29, 0.717) is 0 Å². The highest BCUT2D eigenvalue weighted by molar-refractivity contribution is 5.46. The Labute approximate surface area is 87.2 Å². The van der Waals surface area contributed by atoms with Crippen LogP contribution in [0.25, 0.3) is 0 Å². The van der Waals surface area contributed by atoms with E-state index in [1.165, 1.54) is 6.08 Å². The van der Waals surface area contributed by atoms with Crippen molar-refractivity contribution in [1.29, 1.82) is 5.26 Å². The van der Waals surface area contributed by atoms with Crippen LogP contribution >= 0.6 is 0 Å². The maximum atomic E-state index is 12.5. The summed E-state index contributed by atoms with van der Waals surface area (Å²) in [7, 11) is 0. The van der Waals surface area contributed by atoms with Crippen LogP contribution in [0, 0.1) is 11.3 Å². The molecule has 0 aromatic heterocycles. The van der Waals surface area contributed by atoms with E-state index in [1.807, 2.05) is 0 Å². The van der Waals surface area contributed by atoms with Gasteiger partial charge in [0.1, 0.15) is 0 Å². The molecule has 0 radical (unpaired) electrons. The first kappa shape index (κ1) is 13.5. The number of hydrogen-bond acceptors (Lipinski definition) is 1. The molecule has 0 spiro atoms. The topological polar surface area (TPSA) is 23.8 Å². The van der Waals surface area contributed by atoms with E-state index in [9.17, 15) is 13.2 Å². The lowest BCUT2D eigenvalue weighted by Gasteiger charge is -2.09. The van der Waals surface area contributed by atoms with E-state index in [4.69, 9.17) is 5.26 Å². The molecule has 1 nitrogen and oxygen atoms in total. The van der Waals surface area contributed by atoms with Crippen LogP contribution < -0.4 is 0 Å². The van der Waals surface area contributed by atoms with Crippen molar-refractivity contribution in [2.75, 3.05) is 0 Å². The van der Waals surface area contributed by atoms with Crippen LogP contribution in [0.4, 0.5) is 13.2 Å². The summed E-state index contributed by atoms with van der Waals surface area (Å²) in [5.74, 6) is 0. The summed E-state index contributed by atoms with van der Waals surface area (Å²) in [6.45, 7) is 3.26. The summed E-state index contributed by atoms with van der Waals surface area (Å²) in [5.41, 5.74) is -1.23. The molecule has 0 aliphatic carbocycles. The molecule has 0 aromatic rings. The van der Waals surface area contributed by atoms with Gasteiger partial charge in [-0.05, 0) is 19.4 Å². The first-order valence-electron chi connectivity index (χ1n) is 4.48. The molecule has 0 rings (SSSR count). The van der Waals surface area contributed by atoms with Gasteiger partial charge in [0, 0.05) is 0 Å². The van der Waals surface area contributed by atoms with Gasteiger partial charge in [0.15, 0.2) is 0 Å². The van der Waals surface area contributed by atoms with Crippen LogP contribution in [0.15, 0.2) is 35.5 Å². The molecule has 0 aliphatic rings. The minimum Gasteiger partial charge on any atom is -0.192 e. The summed E-state index contributed by atoms with van der Waals surface area (Å²) in [6, 6.07) is 1.55. The summed E-state index contributed by atoms with van der Waals surface area (Å²) in [5, 5.41) is 8.62. The van der Waals surface area contributed by atoms with Crippen molar-refractivity contribution in [2.24, 2.45) is 0 Å². The van der Waals surface area contributed by atoms with E-state index in [0.717, 1.165) is 12.2 Å². The average molecular weight is 215 g/mol. The van der Waals surface area contributed by atoms with Crippen molar-refractivity contribution in [3.05, 3.63) is 35.5 Å². The number of nitrogens with zero attached hydrogens (tertiary/aromatic N) is 1. The molecule has 0 N–H and O–H groups in total. The fourth-order valence-corrected chi connectivity index (χ4v) is 0.962. The minimum absolute atomic E-state index is 0.240. The minimum atomic E-state index is -4.47. The molecule has 4 heteroatoms. The summed E-state index contributed by atoms with van der Waals surface area (Å²) < 4.78 is 37.5. The predicted molar refractivity (Wildman–Crippen MR) is 52.9 cm³/mol. The Bertz CT molecular complexity index is 327. The summed E-state index contributed by atoms with van der Waals surface area (Å²) in [4.78, 5) is 0. The van der Waals surface area contributed by atoms with Crippen LogP contribution in [0.2, 0.25) is 0 Å². The monoisotopic (exact) mass is 215 g/mol. The van der Waals surface area contributed by atoms with Crippen molar-refractivity contribution < 1.29 is 13.2 Å². The van der Waals surface area contributed by atoms with Gasteiger partial charge in [0.2, 0.25) is 0 Å². The Morgan fingerprint density at radius 2 is 2.00 bits per heavy atom. The Kier molecular flexibility index (Phi) is 5.46. The molecule has 0 saturated heterocycles. The van der Waals surface area contributed by atoms with Crippen molar-refractivity contribution in [1.82, 2.24) is 0 Å². The second kappa shape index (κ2) is 6.07. The fraction of sp³-hybridized carbons (Fsp3) is 0.364. The lowest BCUT2D eigenvalue weighted by molar-refractivity contribution is -0.0891.